The Morgan fingerprint density at radius 3 is 2.54 bits per heavy atom. The van der Waals surface area contributed by atoms with E-state index in [1.54, 1.807) is 17.9 Å². The number of nitrogens with one attached hydrogen (secondary N) is 1. The van der Waals surface area contributed by atoms with Crippen molar-refractivity contribution in [2.45, 2.75) is 32.2 Å². The van der Waals surface area contributed by atoms with E-state index in [9.17, 15) is 19.2 Å². The Kier molecular flexibility index (Phi) is 5.16. The average molecular weight is 355 g/mol. The van der Waals surface area contributed by atoms with Crippen molar-refractivity contribution < 1.29 is 19.2 Å². The maximum Gasteiger partial charge on any atom is 0.249 e. The first-order valence-corrected chi connectivity index (χ1v) is 8.72. The molecule has 1 aromatic carbocycles. The van der Waals surface area contributed by atoms with Crippen LogP contribution in [0.4, 0.5) is 5.69 Å². The second-order valence-electron chi connectivity index (χ2n) is 6.33. The van der Waals surface area contributed by atoms with Gasteiger partial charge in [0.05, 0.1) is 6.42 Å². The lowest BCUT2D eigenvalue weighted by molar-refractivity contribution is -0.135. The topological polar surface area (TPSA) is 86.8 Å². The fourth-order valence-corrected chi connectivity index (χ4v) is 3.27. The molecule has 2 heterocycles. The van der Waals surface area contributed by atoms with Crippen LogP contribution in [-0.4, -0.2) is 47.7 Å². The molecular formula is C19H21N3O4. The van der Waals surface area contributed by atoms with E-state index >= 15 is 0 Å². The molecular weight excluding hydrogens is 334 g/mol. The van der Waals surface area contributed by atoms with E-state index in [0.717, 1.165) is 24.2 Å². The summed E-state index contributed by atoms with van der Waals surface area (Å²) in [6, 6.07) is 6.65. The van der Waals surface area contributed by atoms with Gasteiger partial charge in [0.2, 0.25) is 23.6 Å². The number of carbonyl (C=O) groups excluding carboxylic acids is 4. The average Bonchev–Trinajstić information content (AvgIpc) is 3.19. The summed E-state index contributed by atoms with van der Waals surface area (Å²) in [7, 11) is 0. The van der Waals surface area contributed by atoms with Crippen molar-refractivity contribution >= 4 is 35.4 Å². The second-order valence-corrected chi connectivity index (χ2v) is 6.33. The van der Waals surface area contributed by atoms with Crippen LogP contribution in [0.5, 0.6) is 0 Å². The summed E-state index contributed by atoms with van der Waals surface area (Å²) in [4.78, 5) is 50.4. The van der Waals surface area contributed by atoms with Crippen molar-refractivity contribution in [1.82, 2.24) is 10.2 Å². The molecule has 0 bridgehead atoms. The Morgan fingerprint density at radius 1 is 1.27 bits per heavy atom. The minimum absolute atomic E-state index is 0.00478. The van der Waals surface area contributed by atoms with Crippen LogP contribution in [0.3, 0.4) is 0 Å². The number of rotatable bonds is 5. The number of amides is 4. The van der Waals surface area contributed by atoms with Crippen LogP contribution < -0.4 is 10.2 Å². The third kappa shape index (κ3) is 3.66. The molecule has 2 aliphatic heterocycles. The monoisotopic (exact) mass is 355 g/mol. The van der Waals surface area contributed by atoms with Gasteiger partial charge in [-0.2, -0.15) is 0 Å². The molecule has 2 saturated heterocycles. The first kappa shape index (κ1) is 17.8. The normalized spacial score (nSPS) is 20.1. The summed E-state index contributed by atoms with van der Waals surface area (Å²) in [6.45, 7) is 2.84. The standard InChI is InChI=1S/C19H21N3O4/c1-2-21(15-12-16(23)20-19(15)26)18(25)10-7-13-5-8-14(9-6-13)22-11-3-4-17(22)24/h5-10,15H,2-4,11-12H2,1H3,(H,20,23,26). The predicted molar refractivity (Wildman–Crippen MR) is 96.0 cm³/mol. The van der Waals surface area contributed by atoms with Crippen LogP contribution in [0, 0.1) is 0 Å². The van der Waals surface area contributed by atoms with E-state index in [1.165, 1.54) is 11.0 Å². The molecule has 0 aliphatic carbocycles. The van der Waals surface area contributed by atoms with Crippen LogP contribution in [0.2, 0.25) is 0 Å². The van der Waals surface area contributed by atoms with Crippen LogP contribution in [0.1, 0.15) is 31.7 Å². The Balaban J connectivity index is 1.66. The first-order valence-electron chi connectivity index (χ1n) is 8.72. The van der Waals surface area contributed by atoms with E-state index in [0.29, 0.717) is 13.0 Å². The Morgan fingerprint density at radius 2 is 2.00 bits per heavy atom. The van der Waals surface area contributed by atoms with Crippen LogP contribution in [0.25, 0.3) is 6.08 Å². The Labute approximate surface area is 151 Å². The number of carbonyl (C=O) groups is 4. The molecule has 2 aliphatic rings. The zero-order valence-electron chi connectivity index (χ0n) is 14.6. The number of hydrogen-bond acceptors (Lipinski definition) is 4. The third-order valence-corrected chi connectivity index (χ3v) is 4.64. The fourth-order valence-electron chi connectivity index (χ4n) is 3.27. The lowest BCUT2D eigenvalue weighted by atomic mass is 10.1. The highest BCUT2D eigenvalue weighted by atomic mass is 16.2. The van der Waals surface area contributed by atoms with Gasteiger partial charge in [0.25, 0.3) is 0 Å². The second kappa shape index (κ2) is 7.51. The molecule has 0 saturated carbocycles. The molecule has 1 aromatic rings. The van der Waals surface area contributed by atoms with Gasteiger partial charge in [-0.05, 0) is 37.1 Å². The molecule has 7 nitrogen and oxygen atoms in total. The van der Waals surface area contributed by atoms with Gasteiger partial charge in [-0.25, -0.2) is 0 Å². The minimum Gasteiger partial charge on any atom is -0.327 e. The number of hydrogen-bond donors (Lipinski definition) is 1. The molecule has 26 heavy (non-hydrogen) atoms. The Bertz CT molecular complexity index is 769. The van der Waals surface area contributed by atoms with Crippen molar-refractivity contribution in [3.05, 3.63) is 35.9 Å². The van der Waals surface area contributed by atoms with Crippen molar-refractivity contribution in [1.29, 1.82) is 0 Å². The van der Waals surface area contributed by atoms with E-state index in [-0.39, 0.29) is 24.1 Å². The molecule has 0 radical (unpaired) electrons. The van der Waals surface area contributed by atoms with Gasteiger partial charge in [-0.3, -0.25) is 24.5 Å². The summed E-state index contributed by atoms with van der Waals surface area (Å²) in [5.74, 6) is -0.979. The van der Waals surface area contributed by atoms with E-state index in [2.05, 4.69) is 5.32 Å². The summed E-state index contributed by atoms with van der Waals surface area (Å²) in [6.07, 6.45) is 4.52. The highest BCUT2D eigenvalue weighted by Gasteiger charge is 2.36. The smallest absolute Gasteiger partial charge is 0.249 e. The maximum atomic E-state index is 12.4. The zero-order valence-corrected chi connectivity index (χ0v) is 14.6. The zero-order chi connectivity index (χ0) is 18.7. The molecule has 136 valence electrons. The largest absolute Gasteiger partial charge is 0.327 e. The molecule has 2 fully saturated rings. The number of likely N-dealkylation sites (N-methyl/N-ethyl adjacent to an activating group) is 1. The van der Waals surface area contributed by atoms with Gasteiger partial charge in [0.1, 0.15) is 6.04 Å². The van der Waals surface area contributed by atoms with E-state index in [1.807, 2.05) is 24.3 Å². The van der Waals surface area contributed by atoms with Crippen molar-refractivity contribution in [3.8, 4) is 0 Å². The maximum absolute atomic E-state index is 12.4. The molecule has 0 aromatic heterocycles. The highest BCUT2D eigenvalue weighted by molar-refractivity contribution is 6.07. The lowest BCUT2D eigenvalue weighted by Crippen LogP contribution is -2.43. The summed E-state index contributed by atoms with van der Waals surface area (Å²) in [5.41, 5.74) is 1.67. The summed E-state index contributed by atoms with van der Waals surface area (Å²) in [5, 5.41) is 2.22. The molecule has 1 atom stereocenters. The van der Waals surface area contributed by atoms with Gasteiger partial charge >= 0.3 is 0 Å². The lowest BCUT2D eigenvalue weighted by Gasteiger charge is -2.23. The van der Waals surface area contributed by atoms with Gasteiger partial charge in [0.15, 0.2) is 0 Å². The number of benzene rings is 1. The van der Waals surface area contributed by atoms with E-state index in [4.69, 9.17) is 0 Å². The Hall–Kier alpha value is -2.96. The first-order chi connectivity index (χ1) is 12.5. The van der Waals surface area contributed by atoms with E-state index < -0.39 is 11.9 Å². The molecule has 4 amide bonds. The SMILES string of the molecule is CCN(C(=O)C=Cc1ccc(N2CCCC2=O)cc1)C1CC(=O)NC1=O. The van der Waals surface area contributed by atoms with Crippen molar-refractivity contribution in [3.63, 3.8) is 0 Å². The van der Waals surface area contributed by atoms with Gasteiger partial charge < -0.3 is 9.80 Å². The van der Waals surface area contributed by atoms with Gasteiger partial charge in [0, 0.05) is 31.3 Å². The fraction of sp³-hybridized carbons (Fsp3) is 0.368. The molecule has 1 unspecified atom stereocenters. The quantitative estimate of drug-likeness (QED) is 0.633. The van der Waals surface area contributed by atoms with Gasteiger partial charge in [-0.1, -0.05) is 12.1 Å². The summed E-state index contributed by atoms with van der Waals surface area (Å²) >= 11 is 0. The predicted octanol–water partition coefficient (Wildman–Crippen LogP) is 1.09. The molecule has 7 heteroatoms. The highest BCUT2D eigenvalue weighted by Crippen LogP contribution is 2.22. The minimum atomic E-state index is -0.742. The van der Waals surface area contributed by atoms with Crippen molar-refractivity contribution in [2.24, 2.45) is 0 Å². The number of nitrogens with zero attached hydrogens (tertiary/aromatic N) is 2. The van der Waals surface area contributed by atoms with Crippen LogP contribution in [0.15, 0.2) is 30.3 Å². The molecule has 3 rings (SSSR count). The van der Waals surface area contributed by atoms with Crippen LogP contribution >= 0.6 is 0 Å². The van der Waals surface area contributed by atoms with Gasteiger partial charge in [-0.15, -0.1) is 0 Å². The van der Waals surface area contributed by atoms with Crippen LogP contribution in [-0.2, 0) is 19.2 Å². The molecule has 1 N–H and O–H groups in total. The van der Waals surface area contributed by atoms with Crippen molar-refractivity contribution in [2.75, 3.05) is 18.0 Å². The third-order valence-electron chi connectivity index (χ3n) is 4.64. The molecule has 0 spiro atoms. The number of anilines is 1. The number of imide groups is 1. The summed E-state index contributed by atoms with van der Waals surface area (Å²) < 4.78 is 0.